The molecule has 1 aromatic rings. The minimum Gasteiger partial charge on any atom is -0.396 e. The number of nitrogens with zero attached hydrogens (tertiary/aromatic N) is 2. The van der Waals surface area contributed by atoms with E-state index in [-0.39, 0.29) is 36.5 Å². The van der Waals surface area contributed by atoms with Crippen LogP contribution in [0.3, 0.4) is 0 Å². The van der Waals surface area contributed by atoms with Crippen LogP contribution >= 0.6 is 24.0 Å². The molecule has 24 heavy (non-hydrogen) atoms. The summed E-state index contributed by atoms with van der Waals surface area (Å²) >= 11 is 0. The largest absolute Gasteiger partial charge is 0.396 e. The number of halogens is 1. The molecule has 1 unspecified atom stereocenters. The van der Waals surface area contributed by atoms with Gasteiger partial charge in [0.15, 0.2) is 5.96 Å². The molecule has 1 heterocycles. The molecule has 4 nitrogen and oxygen atoms in total. The predicted octanol–water partition coefficient (Wildman–Crippen LogP) is 3.53. The quantitative estimate of drug-likeness (QED) is 0.425. The van der Waals surface area contributed by atoms with Crippen molar-refractivity contribution in [2.45, 2.75) is 44.9 Å². The number of aliphatic hydroxyl groups excluding tert-OH is 1. The van der Waals surface area contributed by atoms with Gasteiger partial charge in [-0.2, -0.15) is 0 Å². The lowest BCUT2D eigenvalue weighted by Crippen LogP contribution is -2.43. The summed E-state index contributed by atoms with van der Waals surface area (Å²) < 4.78 is 0. The van der Waals surface area contributed by atoms with Crippen molar-refractivity contribution >= 4 is 35.6 Å². The van der Waals surface area contributed by atoms with E-state index < -0.39 is 0 Å². The lowest BCUT2D eigenvalue weighted by molar-refractivity contribution is 0.241. The Morgan fingerprint density at radius 1 is 1.33 bits per heavy atom. The summed E-state index contributed by atoms with van der Waals surface area (Å²) in [6, 6.07) is 8.82. The number of aliphatic imine (C=N–C) groups is 1. The number of aliphatic hydroxyl groups is 1. The van der Waals surface area contributed by atoms with E-state index in [2.05, 4.69) is 41.4 Å². The smallest absolute Gasteiger partial charge is 0.198 e. The standard InChI is InChI=1S/C19H29N3O.HI/c1-3-20-18(21-12-15(2)13-23)22-14-19(10-6-7-11-19)16-8-4-5-9-17(16)22;/h4-5,8-9,15,23H,3,6-7,10-14H2,1-2H3,(H,20,21);1H. The van der Waals surface area contributed by atoms with Gasteiger partial charge < -0.3 is 15.3 Å². The number of anilines is 1. The third kappa shape index (κ3) is 3.72. The molecule has 0 saturated heterocycles. The molecule has 2 N–H and O–H groups in total. The molecule has 3 rings (SSSR count). The summed E-state index contributed by atoms with van der Waals surface area (Å²) in [5, 5.41) is 12.7. The van der Waals surface area contributed by atoms with E-state index in [0.29, 0.717) is 12.0 Å². The van der Waals surface area contributed by atoms with Gasteiger partial charge >= 0.3 is 0 Å². The number of benzene rings is 1. The van der Waals surface area contributed by atoms with Gasteiger partial charge in [-0.1, -0.05) is 38.0 Å². The van der Waals surface area contributed by atoms with Gasteiger partial charge in [-0.15, -0.1) is 24.0 Å². The highest BCUT2D eigenvalue weighted by Crippen LogP contribution is 2.50. The van der Waals surface area contributed by atoms with Crippen molar-refractivity contribution in [1.82, 2.24) is 5.32 Å². The van der Waals surface area contributed by atoms with Crippen LogP contribution in [-0.4, -0.2) is 37.3 Å². The van der Waals surface area contributed by atoms with Gasteiger partial charge in [0.2, 0.25) is 0 Å². The molecular weight excluding hydrogens is 413 g/mol. The molecule has 1 saturated carbocycles. The Morgan fingerprint density at radius 3 is 2.71 bits per heavy atom. The van der Waals surface area contributed by atoms with Crippen LogP contribution in [0.5, 0.6) is 0 Å². The molecule has 1 aliphatic carbocycles. The maximum atomic E-state index is 9.26. The summed E-state index contributed by atoms with van der Waals surface area (Å²) in [5.74, 6) is 1.16. The molecule has 1 spiro atoms. The first kappa shape index (κ1) is 19.5. The van der Waals surface area contributed by atoms with Crippen molar-refractivity contribution in [3.05, 3.63) is 29.8 Å². The fourth-order valence-electron chi connectivity index (χ4n) is 3.99. The molecule has 5 heteroatoms. The second-order valence-electron chi connectivity index (χ2n) is 7.07. The number of hydrogen-bond acceptors (Lipinski definition) is 2. The highest BCUT2D eigenvalue weighted by Gasteiger charge is 2.45. The fourth-order valence-corrected chi connectivity index (χ4v) is 3.99. The third-order valence-corrected chi connectivity index (χ3v) is 5.24. The number of nitrogens with one attached hydrogen (secondary N) is 1. The van der Waals surface area contributed by atoms with Crippen LogP contribution < -0.4 is 10.2 Å². The molecule has 1 aromatic carbocycles. The topological polar surface area (TPSA) is 47.9 Å². The first-order valence-electron chi connectivity index (χ1n) is 8.96. The van der Waals surface area contributed by atoms with Crippen molar-refractivity contribution < 1.29 is 5.11 Å². The molecule has 1 atom stereocenters. The lowest BCUT2D eigenvalue weighted by atomic mass is 9.81. The van der Waals surface area contributed by atoms with Crippen LogP contribution in [-0.2, 0) is 5.41 Å². The van der Waals surface area contributed by atoms with Gasteiger partial charge in [0.1, 0.15) is 0 Å². The van der Waals surface area contributed by atoms with Crippen LogP contribution in [0.25, 0.3) is 0 Å². The molecule has 1 aliphatic heterocycles. The number of guanidine groups is 1. The monoisotopic (exact) mass is 443 g/mol. The van der Waals surface area contributed by atoms with Crippen LogP contribution in [0.15, 0.2) is 29.3 Å². The van der Waals surface area contributed by atoms with Crippen molar-refractivity contribution in [3.63, 3.8) is 0 Å². The molecule has 0 bridgehead atoms. The maximum absolute atomic E-state index is 9.26. The van der Waals surface area contributed by atoms with E-state index >= 15 is 0 Å². The average Bonchev–Trinajstić information content (AvgIpc) is 3.18. The van der Waals surface area contributed by atoms with Crippen molar-refractivity contribution in [2.24, 2.45) is 10.9 Å². The van der Waals surface area contributed by atoms with Gasteiger partial charge in [-0.3, -0.25) is 4.99 Å². The molecule has 2 aliphatic rings. The van der Waals surface area contributed by atoms with Crippen LogP contribution in [0.4, 0.5) is 5.69 Å². The van der Waals surface area contributed by atoms with Gasteiger partial charge in [0.05, 0.1) is 0 Å². The average molecular weight is 443 g/mol. The van der Waals surface area contributed by atoms with E-state index in [4.69, 9.17) is 4.99 Å². The van der Waals surface area contributed by atoms with E-state index in [1.165, 1.54) is 36.9 Å². The van der Waals surface area contributed by atoms with Crippen molar-refractivity contribution in [3.8, 4) is 0 Å². The molecule has 0 radical (unpaired) electrons. The van der Waals surface area contributed by atoms with Gasteiger partial charge in [0.25, 0.3) is 0 Å². The molecule has 0 amide bonds. The SMILES string of the molecule is CCNC(=NCC(C)CO)N1CC2(CCCC2)c2ccccc21.I. The van der Waals surface area contributed by atoms with Crippen molar-refractivity contribution in [1.29, 1.82) is 0 Å². The lowest BCUT2D eigenvalue weighted by Gasteiger charge is -2.27. The normalized spacial score (nSPS) is 20.0. The van der Waals surface area contributed by atoms with Crippen LogP contribution in [0, 0.1) is 5.92 Å². The highest BCUT2D eigenvalue weighted by molar-refractivity contribution is 14.0. The second kappa shape index (κ2) is 8.52. The summed E-state index contributed by atoms with van der Waals surface area (Å²) in [6.45, 7) is 6.87. The number of para-hydroxylation sites is 1. The number of hydrogen-bond donors (Lipinski definition) is 2. The Morgan fingerprint density at radius 2 is 2.04 bits per heavy atom. The zero-order valence-corrected chi connectivity index (χ0v) is 17.1. The molecule has 134 valence electrons. The zero-order chi connectivity index (χ0) is 16.3. The van der Waals surface area contributed by atoms with E-state index in [0.717, 1.165) is 19.0 Å². The Hall–Kier alpha value is -0.820. The Labute approximate surface area is 162 Å². The maximum Gasteiger partial charge on any atom is 0.198 e. The Balaban J connectivity index is 0.00000208. The van der Waals surface area contributed by atoms with Gasteiger partial charge in [-0.25, -0.2) is 0 Å². The minimum atomic E-state index is 0. The number of fused-ring (bicyclic) bond motifs is 2. The third-order valence-electron chi connectivity index (χ3n) is 5.24. The highest BCUT2D eigenvalue weighted by atomic mass is 127. The Kier molecular flexibility index (Phi) is 6.92. The number of rotatable bonds is 4. The molecular formula is C19H30IN3O. The summed E-state index contributed by atoms with van der Waals surface area (Å²) in [7, 11) is 0. The predicted molar refractivity (Wildman–Crippen MR) is 112 cm³/mol. The summed E-state index contributed by atoms with van der Waals surface area (Å²) in [5.41, 5.74) is 3.12. The molecule has 0 aromatic heterocycles. The summed E-state index contributed by atoms with van der Waals surface area (Å²) in [6.07, 6.45) is 5.23. The first-order chi connectivity index (χ1) is 11.2. The van der Waals surface area contributed by atoms with E-state index in [1.54, 1.807) is 0 Å². The Bertz CT molecular complexity index is 569. The van der Waals surface area contributed by atoms with Gasteiger partial charge in [-0.05, 0) is 37.3 Å². The second-order valence-corrected chi connectivity index (χ2v) is 7.07. The fraction of sp³-hybridized carbons (Fsp3) is 0.632. The van der Waals surface area contributed by atoms with E-state index in [9.17, 15) is 5.11 Å². The van der Waals surface area contributed by atoms with Crippen molar-refractivity contribution in [2.75, 3.05) is 31.1 Å². The van der Waals surface area contributed by atoms with Gasteiger partial charge in [0, 0.05) is 37.3 Å². The molecule has 1 fully saturated rings. The first-order valence-corrected chi connectivity index (χ1v) is 8.96. The van der Waals surface area contributed by atoms with Crippen LogP contribution in [0.1, 0.15) is 45.1 Å². The minimum absolute atomic E-state index is 0. The zero-order valence-electron chi connectivity index (χ0n) is 14.8. The van der Waals surface area contributed by atoms with E-state index in [1.807, 2.05) is 6.92 Å². The summed E-state index contributed by atoms with van der Waals surface area (Å²) in [4.78, 5) is 7.16. The van der Waals surface area contributed by atoms with Crippen LogP contribution in [0.2, 0.25) is 0 Å².